The van der Waals surface area contributed by atoms with Gasteiger partial charge in [0.15, 0.2) is 0 Å². The lowest BCUT2D eigenvalue weighted by Crippen LogP contribution is -1.98. The second-order valence-corrected chi connectivity index (χ2v) is 5.30. The number of aryl methyl sites for hydroxylation is 2. The SMILES string of the molecule is CCc1ccccc1Nc1cc(C)nc2c(OC)cccc12.Cl.Cl. The van der Waals surface area contributed by atoms with E-state index >= 15 is 0 Å². The molecule has 1 N–H and O–H groups in total. The normalized spacial score (nSPS) is 9.79. The summed E-state index contributed by atoms with van der Waals surface area (Å²) in [5.74, 6) is 0.799. The highest BCUT2D eigenvalue weighted by molar-refractivity contribution is 5.96. The summed E-state index contributed by atoms with van der Waals surface area (Å²) in [6, 6.07) is 16.5. The lowest BCUT2D eigenvalue weighted by Gasteiger charge is -2.15. The number of aromatic nitrogens is 1. The van der Waals surface area contributed by atoms with Crippen molar-refractivity contribution in [1.82, 2.24) is 4.98 Å². The Hall–Kier alpha value is -1.97. The van der Waals surface area contributed by atoms with Crippen molar-refractivity contribution < 1.29 is 4.74 Å². The summed E-state index contributed by atoms with van der Waals surface area (Å²) in [5.41, 5.74) is 5.35. The molecular weight excluding hydrogens is 343 g/mol. The van der Waals surface area contributed by atoms with Crippen LogP contribution in [-0.4, -0.2) is 12.1 Å². The zero-order chi connectivity index (χ0) is 15.5. The van der Waals surface area contributed by atoms with Crippen LogP contribution in [0, 0.1) is 6.92 Å². The van der Waals surface area contributed by atoms with Crippen LogP contribution < -0.4 is 10.1 Å². The van der Waals surface area contributed by atoms with Crippen molar-refractivity contribution >= 4 is 47.1 Å². The molecule has 0 aliphatic carbocycles. The molecule has 0 amide bonds. The maximum Gasteiger partial charge on any atom is 0.145 e. The van der Waals surface area contributed by atoms with E-state index < -0.39 is 0 Å². The van der Waals surface area contributed by atoms with Crippen LogP contribution in [-0.2, 0) is 6.42 Å². The summed E-state index contributed by atoms with van der Waals surface area (Å²) in [6.45, 7) is 4.17. The topological polar surface area (TPSA) is 34.2 Å². The molecule has 3 nitrogen and oxygen atoms in total. The standard InChI is InChI=1S/C19H20N2O.2ClH/c1-4-14-8-5-6-10-16(14)21-17-12-13(2)20-19-15(17)9-7-11-18(19)22-3;;/h5-12H,4H2,1-3H3,(H,20,21);2*1H. The number of halogens is 2. The molecule has 0 aliphatic rings. The first-order valence-corrected chi connectivity index (χ1v) is 7.52. The van der Waals surface area contributed by atoms with Gasteiger partial charge < -0.3 is 10.1 Å². The fraction of sp³-hybridized carbons (Fsp3) is 0.211. The number of rotatable bonds is 4. The van der Waals surface area contributed by atoms with Gasteiger partial charge in [-0.05, 0) is 37.1 Å². The number of methoxy groups -OCH3 is 1. The van der Waals surface area contributed by atoms with Gasteiger partial charge >= 0.3 is 0 Å². The van der Waals surface area contributed by atoms with Gasteiger partial charge in [-0.3, -0.25) is 0 Å². The van der Waals surface area contributed by atoms with Gasteiger partial charge in [-0.15, -0.1) is 24.8 Å². The van der Waals surface area contributed by atoms with Crippen molar-refractivity contribution in [2.45, 2.75) is 20.3 Å². The van der Waals surface area contributed by atoms with E-state index in [2.05, 4.69) is 53.6 Å². The minimum Gasteiger partial charge on any atom is -0.494 e. The third-order valence-corrected chi connectivity index (χ3v) is 3.82. The number of hydrogen-bond donors (Lipinski definition) is 1. The van der Waals surface area contributed by atoms with E-state index in [1.165, 1.54) is 5.56 Å². The zero-order valence-corrected chi connectivity index (χ0v) is 15.6. The van der Waals surface area contributed by atoms with Crippen LogP contribution in [0.15, 0.2) is 48.5 Å². The molecule has 2 aromatic carbocycles. The molecule has 0 bridgehead atoms. The highest BCUT2D eigenvalue weighted by Crippen LogP contribution is 2.32. The van der Waals surface area contributed by atoms with Crippen molar-refractivity contribution in [3.8, 4) is 5.75 Å². The number of nitrogens with zero attached hydrogens (tertiary/aromatic N) is 1. The molecule has 1 aromatic heterocycles. The van der Waals surface area contributed by atoms with Crippen LogP contribution in [0.5, 0.6) is 5.75 Å². The average Bonchev–Trinajstić information content (AvgIpc) is 2.54. The quantitative estimate of drug-likeness (QED) is 0.644. The van der Waals surface area contributed by atoms with Crippen molar-refractivity contribution in [2.75, 3.05) is 12.4 Å². The van der Waals surface area contributed by atoms with Crippen LogP contribution in [0.1, 0.15) is 18.2 Å². The van der Waals surface area contributed by atoms with Crippen molar-refractivity contribution in [1.29, 1.82) is 0 Å². The van der Waals surface area contributed by atoms with Crippen molar-refractivity contribution in [2.24, 2.45) is 0 Å². The van der Waals surface area contributed by atoms with Gasteiger partial charge in [0.1, 0.15) is 11.3 Å². The predicted molar refractivity (Wildman–Crippen MR) is 107 cm³/mol. The Morgan fingerprint density at radius 3 is 2.46 bits per heavy atom. The summed E-state index contributed by atoms with van der Waals surface area (Å²) >= 11 is 0. The number of benzene rings is 2. The second-order valence-electron chi connectivity index (χ2n) is 5.30. The van der Waals surface area contributed by atoms with Crippen LogP contribution in [0.2, 0.25) is 0 Å². The molecule has 0 saturated heterocycles. The molecule has 3 rings (SSSR count). The van der Waals surface area contributed by atoms with Crippen LogP contribution in [0.3, 0.4) is 0 Å². The molecule has 24 heavy (non-hydrogen) atoms. The molecule has 0 spiro atoms. The van der Waals surface area contributed by atoms with E-state index in [1.54, 1.807) is 7.11 Å². The first-order valence-electron chi connectivity index (χ1n) is 7.52. The minimum atomic E-state index is 0. The Morgan fingerprint density at radius 2 is 1.75 bits per heavy atom. The number of para-hydroxylation sites is 2. The fourth-order valence-corrected chi connectivity index (χ4v) is 2.71. The summed E-state index contributed by atoms with van der Waals surface area (Å²) < 4.78 is 5.44. The number of anilines is 2. The number of ether oxygens (including phenoxy) is 1. The van der Waals surface area contributed by atoms with Gasteiger partial charge in [-0.2, -0.15) is 0 Å². The molecular formula is C19H22Cl2N2O. The Balaban J connectivity index is 0.00000144. The van der Waals surface area contributed by atoms with E-state index in [1.807, 2.05) is 19.1 Å². The third kappa shape index (κ3) is 3.92. The van der Waals surface area contributed by atoms with Gasteiger partial charge in [0, 0.05) is 22.5 Å². The summed E-state index contributed by atoms with van der Waals surface area (Å²) in [7, 11) is 1.68. The molecule has 1 heterocycles. The Bertz CT molecular complexity index is 822. The van der Waals surface area contributed by atoms with E-state index in [0.29, 0.717) is 0 Å². The maximum atomic E-state index is 5.44. The van der Waals surface area contributed by atoms with Crippen LogP contribution in [0.25, 0.3) is 10.9 Å². The van der Waals surface area contributed by atoms with Gasteiger partial charge in [-0.1, -0.05) is 37.3 Å². The lowest BCUT2D eigenvalue weighted by molar-refractivity contribution is 0.419. The molecule has 0 unspecified atom stereocenters. The van der Waals surface area contributed by atoms with Gasteiger partial charge in [0.05, 0.1) is 7.11 Å². The maximum absolute atomic E-state index is 5.44. The lowest BCUT2D eigenvalue weighted by atomic mass is 10.1. The fourth-order valence-electron chi connectivity index (χ4n) is 2.71. The highest BCUT2D eigenvalue weighted by atomic mass is 35.5. The van der Waals surface area contributed by atoms with Crippen LogP contribution in [0.4, 0.5) is 11.4 Å². The Morgan fingerprint density at radius 1 is 1.00 bits per heavy atom. The summed E-state index contributed by atoms with van der Waals surface area (Å²) in [4.78, 5) is 4.63. The first kappa shape index (κ1) is 20.1. The molecule has 5 heteroatoms. The third-order valence-electron chi connectivity index (χ3n) is 3.82. The first-order chi connectivity index (χ1) is 10.7. The number of hydrogen-bond acceptors (Lipinski definition) is 3. The summed E-state index contributed by atoms with van der Waals surface area (Å²) in [6.07, 6.45) is 0.995. The van der Waals surface area contributed by atoms with Gasteiger partial charge in [0.25, 0.3) is 0 Å². The zero-order valence-electron chi connectivity index (χ0n) is 14.0. The predicted octanol–water partition coefficient (Wildman–Crippen LogP) is 5.70. The van der Waals surface area contributed by atoms with E-state index in [0.717, 1.165) is 40.1 Å². The number of fused-ring (bicyclic) bond motifs is 1. The molecule has 0 aliphatic heterocycles. The summed E-state index contributed by atoms with van der Waals surface area (Å²) in [5, 5.41) is 4.63. The smallest absolute Gasteiger partial charge is 0.145 e. The molecule has 128 valence electrons. The minimum absolute atomic E-state index is 0. The Labute approximate surface area is 155 Å². The Kier molecular flexibility index (Phi) is 7.33. The molecule has 0 atom stereocenters. The number of pyridine rings is 1. The van der Waals surface area contributed by atoms with E-state index in [-0.39, 0.29) is 24.8 Å². The van der Waals surface area contributed by atoms with E-state index in [4.69, 9.17) is 4.74 Å². The average molecular weight is 365 g/mol. The molecule has 3 aromatic rings. The largest absolute Gasteiger partial charge is 0.494 e. The molecule has 0 fully saturated rings. The van der Waals surface area contributed by atoms with Gasteiger partial charge in [-0.25, -0.2) is 4.98 Å². The molecule has 0 radical (unpaired) electrons. The van der Waals surface area contributed by atoms with E-state index in [9.17, 15) is 0 Å². The van der Waals surface area contributed by atoms with Crippen LogP contribution >= 0.6 is 24.8 Å². The monoisotopic (exact) mass is 364 g/mol. The second kappa shape index (κ2) is 8.76. The highest BCUT2D eigenvalue weighted by Gasteiger charge is 2.09. The van der Waals surface area contributed by atoms with Crippen molar-refractivity contribution in [3.05, 3.63) is 59.8 Å². The number of nitrogens with one attached hydrogen (secondary N) is 1. The van der Waals surface area contributed by atoms with Crippen molar-refractivity contribution in [3.63, 3.8) is 0 Å². The molecule has 0 saturated carbocycles. The van der Waals surface area contributed by atoms with Gasteiger partial charge in [0.2, 0.25) is 0 Å².